The number of carbonyl (C=O) groups excluding carboxylic acids is 1. The van der Waals surface area contributed by atoms with Crippen molar-refractivity contribution in [1.29, 1.82) is 0 Å². The molecule has 0 aliphatic heterocycles. The first kappa shape index (κ1) is 15.9. The van der Waals surface area contributed by atoms with Crippen molar-refractivity contribution in [2.45, 2.75) is 39.2 Å². The van der Waals surface area contributed by atoms with Gasteiger partial charge in [-0.15, -0.1) is 0 Å². The number of carbonyl (C=O) groups is 1. The number of hydrogen-bond acceptors (Lipinski definition) is 3. The molecule has 1 amide bonds. The van der Waals surface area contributed by atoms with Gasteiger partial charge in [0.05, 0.1) is 10.5 Å². The van der Waals surface area contributed by atoms with Crippen LogP contribution < -0.4 is 5.32 Å². The van der Waals surface area contributed by atoms with Gasteiger partial charge < -0.3 is 5.32 Å². The normalized spacial score (nSPS) is 24.8. The lowest BCUT2D eigenvalue weighted by atomic mass is 9.93. The molecule has 2 rings (SSSR count). The van der Waals surface area contributed by atoms with Crippen LogP contribution in [0.4, 0.5) is 5.69 Å². The topological polar surface area (TPSA) is 72.2 Å². The van der Waals surface area contributed by atoms with E-state index in [1.165, 1.54) is 12.1 Å². The number of benzene rings is 1. The summed E-state index contributed by atoms with van der Waals surface area (Å²) in [6, 6.07) is 4.66. The first-order valence-corrected chi connectivity index (χ1v) is 7.98. The maximum atomic E-state index is 12.4. The van der Waals surface area contributed by atoms with Crippen molar-refractivity contribution in [3.63, 3.8) is 0 Å². The standard InChI is InChI=1S/C15H19BrN2O3/c1-3-10-7-8-12(9(10)2)17-15(19)11-5-4-6-13(14(11)16)18(20)21/h4-6,9-10,12H,3,7-8H2,1-2H3,(H,17,19). The second-order valence-corrected chi connectivity index (χ2v) is 6.37. The third-order valence-electron chi connectivity index (χ3n) is 4.49. The molecule has 1 N–H and O–H groups in total. The Balaban J connectivity index is 2.15. The maximum Gasteiger partial charge on any atom is 0.284 e. The summed E-state index contributed by atoms with van der Waals surface area (Å²) in [5, 5.41) is 13.9. The molecular formula is C15H19BrN2O3. The van der Waals surface area contributed by atoms with Crippen LogP contribution in [0.1, 0.15) is 43.5 Å². The minimum atomic E-state index is -0.494. The summed E-state index contributed by atoms with van der Waals surface area (Å²) >= 11 is 3.17. The average Bonchev–Trinajstić information content (AvgIpc) is 2.79. The van der Waals surface area contributed by atoms with E-state index >= 15 is 0 Å². The molecule has 0 heterocycles. The van der Waals surface area contributed by atoms with Gasteiger partial charge in [0.25, 0.3) is 11.6 Å². The van der Waals surface area contributed by atoms with Crippen LogP contribution in [0.5, 0.6) is 0 Å². The molecule has 1 aliphatic carbocycles. The molecule has 0 saturated heterocycles. The van der Waals surface area contributed by atoms with Crippen LogP contribution in [-0.2, 0) is 0 Å². The Morgan fingerprint density at radius 2 is 2.19 bits per heavy atom. The highest BCUT2D eigenvalue weighted by atomic mass is 79.9. The predicted molar refractivity (Wildman–Crippen MR) is 84.2 cm³/mol. The average molecular weight is 355 g/mol. The van der Waals surface area contributed by atoms with Crippen LogP contribution in [-0.4, -0.2) is 16.9 Å². The number of nitrogens with one attached hydrogen (secondary N) is 1. The van der Waals surface area contributed by atoms with Crippen molar-refractivity contribution in [3.8, 4) is 0 Å². The smallest absolute Gasteiger partial charge is 0.284 e. The van der Waals surface area contributed by atoms with Gasteiger partial charge in [0.1, 0.15) is 4.47 Å². The summed E-state index contributed by atoms with van der Waals surface area (Å²) < 4.78 is 0.241. The Bertz CT molecular complexity index is 562. The van der Waals surface area contributed by atoms with Gasteiger partial charge >= 0.3 is 0 Å². The summed E-state index contributed by atoms with van der Waals surface area (Å²) in [6.45, 7) is 4.33. The first-order valence-electron chi connectivity index (χ1n) is 7.19. The number of halogens is 1. The van der Waals surface area contributed by atoms with Gasteiger partial charge in [-0.3, -0.25) is 14.9 Å². The maximum absolute atomic E-state index is 12.4. The van der Waals surface area contributed by atoms with Gasteiger partial charge in [-0.25, -0.2) is 0 Å². The Labute approximate surface area is 132 Å². The zero-order valence-corrected chi connectivity index (χ0v) is 13.7. The zero-order valence-electron chi connectivity index (χ0n) is 12.1. The molecule has 1 aliphatic rings. The number of amides is 1. The fourth-order valence-electron chi connectivity index (χ4n) is 3.11. The van der Waals surface area contributed by atoms with E-state index in [0.29, 0.717) is 17.4 Å². The van der Waals surface area contributed by atoms with Crippen molar-refractivity contribution in [2.75, 3.05) is 0 Å². The minimum Gasteiger partial charge on any atom is -0.349 e. The van der Waals surface area contributed by atoms with Crippen molar-refractivity contribution in [3.05, 3.63) is 38.3 Å². The summed E-state index contributed by atoms with van der Waals surface area (Å²) in [6.07, 6.45) is 3.21. The Kier molecular flexibility index (Phi) is 4.98. The molecule has 0 radical (unpaired) electrons. The highest BCUT2D eigenvalue weighted by Crippen LogP contribution is 2.34. The molecule has 0 bridgehead atoms. The zero-order chi connectivity index (χ0) is 15.6. The van der Waals surface area contributed by atoms with Crippen LogP contribution >= 0.6 is 15.9 Å². The van der Waals surface area contributed by atoms with Gasteiger partial charge in [-0.05, 0) is 46.7 Å². The van der Waals surface area contributed by atoms with Crippen molar-refractivity contribution < 1.29 is 9.72 Å². The Morgan fingerprint density at radius 3 is 2.76 bits per heavy atom. The summed E-state index contributed by atoms with van der Waals surface area (Å²) in [5.41, 5.74) is 0.227. The molecule has 21 heavy (non-hydrogen) atoms. The molecule has 3 atom stereocenters. The molecule has 6 heteroatoms. The second-order valence-electron chi connectivity index (χ2n) is 5.58. The quantitative estimate of drug-likeness (QED) is 0.657. The van der Waals surface area contributed by atoms with Gasteiger partial charge in [-0.2, -0.15) is 0 Å². The Hall–Kier alpha value is -1.43. The lowest BCUT2D eigenvalue weighted by Crippen LogP contribution is -2.37. The van der Waals surface area contributed by atoms with E-state index in [4.69, 9.17) is 0 Å². The van der Waals surface area contributed by atoms with E-state index in [1.54, 1.807) is 6.07 Å². The summed E-state index contributed by atoms with van der Waals surface area (Å²) in [4.78, 5) is 22.8. The highest BCUT2D eigenvalue weighted by Gasteiger charge is 2.33. The van der Waals surface area contributed by atoms with Crippen LogP contribution in [0.15, 0.2) is 22.7 Å². The second kappa shape index (κ2) is 6.56. The van der Waals surface area contributed by atoms with E-state index in [-0.39, 0.29) is 22.1 Å². The van der Waals surface area contributed by atoms with E-state index < -0.39 is 4.92 Å². The molecule has 0 aromatic heterocycles. The molecule has 0 spiro atoms. The van der Waals surface area contributed by atoms with Gasteiger partial charge in [0.2, 0.25) is 0 Å². The third kappa shape index (κ3) is 3.26. The van der Waals surface area contributed by atoms with Gasteiger partial charge in [0.15, 0.2) is 0 Å². The fourth-order valence-corrected chi connectivity index (χ4v) is 3.70. The van der Waals surface area contributed by atoms with Crippen LogP contribution in [0.3, 0.4) is 0 Å². The molecule has 1 fully saturated rings. The van der Waals surface area contributed by atoms with E-state index in [2.05, 4.69) is 35.1 Å². The van der Waals surface area contributed by atoms with Crippen molar-refractivity contribution in [2.24, 2.45) is 11.8 Å². The van der Waals surface area contributed by atoms with Gasteiger partial charge in [-0.1, -0.05) is 26.3 Å². The molecule has 1 aromatic rings. The highest BCUT2D eigenvalue weighted by molar-refractivity contribution is 9.10. The van der Waals surface area contributed by atoms with Crippen LogP contribution in [0.25, 0.3) is 0 Å². The number of nitrogens with zero attached hydrogens (tertiary/aromatic N) is 1. The fraction of sp³-hybridized carbons (Fsp3) is 0.533. The van der Waals surface area contributed by atoms with Crippen molar-refractivity contribution >= 4 is 27.5 Å². The first-order chi connectivity index (χ1) is 9.95. The van der Waals surface area contributed by atoms with E-state index in [1.807, 2.05) is 0 Å². The van der Waals surface area contributed by atoms with E-state index in [9.17, 15) is 14.9 Å². The van der Waals surface area contributed by atoms with Crippen LogP contribution in [0, 0.1) is 22.0 Å². The van der Waals surface area contributed by atoms with Crippen LogP contribution in [0.2, 0.25) is 0 Å². The molecule has 1 aromatic carbocycles. The monoisotopic (exact) mass is 354 g/mol. The SMILES string of the molecule is CCC1CCC(NC(=O)c2cccc([N+](=O)[O-])c2Br)C1C. The lowest BCUT2D eigenvalue weighted by Gasteiger charge is -2.21. The molecule has 3 unspecified atom stereocenters. The molecular weight excluding hydrogens is 336 g/mol. The van der Waals surface area contributed by atoms with Gasteiger partial charge in [0, 0.05) is 12.1 Å². The largest absolute Gasteiger partial charge is 0.349 e. The number of nitro benzene ring substituents is 1. The Morgan fingerprint density at radius 1 is 1.48 bits per heavy atom. The number of hydrogen-bond donors (Lipinski definition) is 1. The third-order valence-corrected chi connectivity index (χ3v) is 5.32. The molecule has 5 nitrogen and oxygen atoms in total. The predicted octanol–water partition coefficient (Wildman–Crippen LogP) is 3.91. The summed E-state index contributed by atoms with van der Waals surface area (Å²) in [5.74, 6) is 0.833. The number of rotatable bonds is 4. The summed E-state index contributed by atoms with van der Waals surface area (Å²) in [7, 11) is 0. The number of nitro groups is 1. The van der Waals surface area contributed by atoms with E-state index in [0.717, 1.165) is 19.3 Å². The minimum absolute atomic E-state index is 0.0893. The molecule has 1 saturated carbocycles. The lowest BCUT2D eigenvalue weighted by molar-refractivity contribution is -0.385. The van der Waals surface area contributed by atoms with Crippen molar-refractivity contribution in [1.82, 2.24) is 5.32 Å². The molecule has 114 valence electrons.